The monoisotopic (exact) mass is 1510 g/mol. The van der Waals surface area contributed by atoms with Crippen LogP contribution < -0.4 is 48.3 Å². The Hall–Kier alpha value is -8.22. The third-order valence-corrected chi connectivity index (χ3v) is 21.1. The number of carbonyl (C=O) groups is 12. The number of likely N-dealkylation sites (N-methyl/N-ethyl adjacent to an activating group) is 1. The van der Waals surface area contributed by atoms with E-state index in [1.807, 2.05) is 90.9 Å². The minimum atomic E-state index is -1.36. The normalized spacial score (nSPS) is 21.2. The lowest BCUT2D eigenvalue weighted by molar-refractivity contribution is -0.208. The Morgan fingerprint density at radius 3 is 1.91 bits per heavy atom. The summed E-state index contributed by atoms with van der Waals surface area (Å²) < 4.78 is 30.4. The molecule has 600 valence electrons. The summed E-state index contributed by atoms with van der Waals surface area (Å²) in [7, 11) is 6.76. The first-order valence-corrected chi connectivity index (χ1v) is 38.5. The molecule has 0 aliphatic carbocycles. The maximum Gasteiger partial charge on any atom is 0.312 e. The number of anilines is 1. The highest BCUT2D eigenvalue weighted by atomic mass is 16.8. The van der Waals surface area contributed by atoms with Gasteiger partial charge in [0.25, 0.3) is 17.7 Å². The Kier molecular flexibility index (Phi) is 34.6. The number of unbranched alkanes of at least 4 members (excludes halogenated alkanes) is 2. The first-order chi connectivity index (χ1) is 51.1. The molecule has 3 saturated heterocycles. The fourth-order valence-electron chi connectivity index (χ4n) is 15.1. The molecule has 2 aromatic carbocycles. The van der Waals surface area contributed by atoms with Gasteiger partial charge in [-0.3, -0.25) is 62.5 Å². The number of hydrogen-bond acceptors (Lipinski definition) is 18. The van der Waals surface area contributed by atoms with Crippen LogP contribution in [-0.2, 0) is 89.3 Å². The highest BCUT2D eigenvalue weighted by molar-refractivity contribution is 6.12. The summed E-state index contributed by atoms with van der Waals surface area (Å²) in [6.45, 7) is 23.1. The number of ketones is 1. The molecule has 4 aliphatic rings. The van der Waals surface area contributed by atoms with Crippen molar-refractivity contribution >= 4 is 76.6 Å². The summed E-state index contributed by atoms with van der Waals surface area (Å²) >= 11 is 0. The molecule has 108 heavy (non-hydrogen) atoms. The maximum absolute atomic E-state index is 14.7. The molecule has 2 aromatic rings. The van der Waals surface area contributed by atoms with Crippen molar-refractivity contribution in [1.29, 1.82) is 0 Å². The van der Waals surface area contributed by atoms with Crippen LogP contribution in [0.3, 0.4) is 0 Å². The summed E-state index contributed by atoms with van der Waals surface area (Å²) in [5.74, 6) is -8.28. The van der Waals surface area contributed by atoms with Gasteiger partial charge in [-0.2, -0.15) is 0 Å². The number of likely N-dealkylation sites (tertiary alicyclic amines) is 1. The van der Waals surface area contributed by atoms with Gasteiger partial charge in [-0.05, 0) is 139 Å². The van der Waals surface area contributed by atoms with E-state index in [0.717, 1.165) is 16.0 Å². The number of rotatable bonds is 44. The van der Waals surface area contributed by atoms with Crippen molar-refractivity contribution < 1.29 is 81.2 Å². The Morgan fingerprint density at radius 1 is 0.667 bits per heavy atom. The van der Waals surface area contributed by atoms with Gasteiger partial charge in [0.15, 0.2) is 24.0 Å². The number of nitrogens with zero attached hydrogens (tertiary/aromatic N) is 3. The molecule has 6 rings (SSSR count). The topological polar surface area (TPSA) is 383 Å². The van der Waals surface area contributed by atoms with E-state index < -0.39 is 138 Å². The van der Waals surface area contributed by atoms with E-state index in [1.54, 1.807) is 70.9 Å². The second-order valence-corrected chi connectivity index (χ2v) is 30.9. The number of urea groups is 1. The number of imide groups is 1. The van der Waals surface area contributed by atoms with E-state index in [2.05, 4.69) is 49.5 Å². The number of carbonyl (C=O) groups excluding carboxylic acids is 12. The van der Waals surface area contributed by atoms with E-state index in [-0.39, 0.29) is 105 Å². The lowest BCUT2D eigenvalue weighted by atomic mass is 9.73. The van der Waals surface area contributed by atoms with Crippen molar-refractivity contribution in [2.45, 2.75) is 245 Å². The van der Waals surface area contributed by atoms with Crippen LogP contribution >= 0.6 is 0 Å². The first-order valence-electron chi connectivity index (χ1n) is 38.5. The van der Waals surface area contributed by atoms with Crippen LogP contribution in [0.2, 0.25) is 0 Å². The number of hydrogen-bond donors (Lipinski definition) is 9. The van der Waals surface area contributed by atoms with Gasteiger partial charge in [0.05, 0.1) is 48.7 Å². The fourth-order valence-corrected chi connectivity index (χ4v) is 15.1. The number of amides is 12. The smallest absolute Gasteiger partial charge is 0.312 e. The zero-order chi connectivity index (χ0) is 79.9. The lowest BCUT2D eigenvalue weighted by Crippen LogP contribution is -2.59. The molecule has 29 heteroatoms. The number of Topliss-reactive ketones (excluding diaryl/α,β-unsaturated/α-hetero) is 1. The zero-order valence-corrected chi connectivity index (χ0v) is 66.2. The van der Waals surface area contributed by atoms with Gasteiger partial charge in [-0.1, -0.05) is 125 Å². The van der Waals surface area contributed by atoms with Gasteiger partial charge in [0.1, 0.15) is 24.2 Å². The van der Waals surface area contributed by atoms with Gasteiger partial charge >= 0.3 is 6.03 Å². The highest BCUT2D eigenvalue weighted by Crippen LogP contribution is 2.39. The molecular formula is C79H122N12O17. The van der Waals surface area contributed by atoms with Gasteiger partial charge in [-0.15, -0.1) is 0 Å². The van der Waals surface area contributed by atoms with Gasteiger partial charge in [0.2, 0.25) is 41.4 Å². The lowest BCUT2D eigenvalue weighted by Gasteiger charge is -2.39. The predicted molar refractivity (Wildman–Crippen MR) is 405 cm³/mol. The highest BCUT2D eigenvalue weighted by Gasteiger charge is 2.58. The Labute approximate surface area is 637 Å². The SMILES string of the molecule is CCC(C)C(C(CC(=O)N1CCCC1C(OC)C(C)C(=O)N[C@@H](CCc1ccccc1)C(=O)NCCc1ccc(NC(=O)C(CCCNC(N)=O)NC(=O)[C@H](NC(=O)C2OC3OC(C)(C)OC3C2NC(=O)CCCCCN2C(=O)C=CC2=O)C(C)C)cc1)OC)C(C)C(=O)[C@@H](NC(=O)C(C(C)C)N(C)C)C(C)C. The van der Waals surface area contributed by atoms with Crippen LogP contribution in [0, 0.1) is 41.4 Å². The molecule has 0 spiro atoms. The second-order valence-electron chi connectivity index (χ2n) is 30.9. The van der Waals surface area contributed by atoms with Crippen molar-refractivity contribution in [1.82, 2.24) is 51.9 Å². The molecule has 16 atom stereocenters. The number of ether oxygens (including phenoxy) is 5. The van der Waals surface area contributed by atoms with Crippen LogP contribution in [0.1, 0.15) is 165 Å². The quantitative estimate of drug-likeness (QED) is 0.0312. The minimum Gasteiger partial charge on any atom is -0.381 e. The zero-order valence-electron chi connectivity index (χ0n) is 66.2. The molecule has 0 aromatic heterocycles. The van der Waals surface area contributed by atoms with E-state index in [4.69, 9.17) is 29.4 Å². The van der Waals surface area contributed by atoms with E-state index >= 15 is 0 Å². The number of fused-ring (bicyclic) bond motifs is 1. The second kappa shape index (κ2) is 42.1. The number of nitrogens with two attached hydrogens (primary N) is 1. The van der Waals surface area contributed by atoms with Crippen molar-refractivity contribution in [2.75, 3.05) is 59.8 Å². The van der Waals surface area contributed by atoms with Crippen molar-refractivity contribution in [2.24, 2.45) is 47.2 Å². The molecular weight excluding hydrogens is 1390 g/mol. The van der Waals surface area contributed by atoms with Crippen molar-refractivity contribution in [3.05, 3.63) is 77.9 Å². The third kappa shape index (κ3) is 25.2. The third-order valence-electron chi connectivity index (χ3n) is 21.1. The Bertz CT molecular complexity index is 3380. The van der Waals surface area contributed by atoms with E-state index in [0.29, 0.717) is 63.6 Å². The number of primary amides is 1. The molecule has 4 heterocycles. The molecule has 0 radical (unpaired) electrons. The van der Waals surface area contributed by atoms with Gasteiger partial charge < -0.3 is 76.9 Å². The Morgan fingerprint density at radius 2 is 1.31 bits per heavy atom. The molecule has 13 unspecified atom stereocenters. The average Bonchev–Trinajstić information content (AvgIpc) is 1.60. The average molecular weight is 1510 g/mol. The fraction of sp³-hybridized carbons (Fsp3) is 0.671. The first kappa shape index (κ1) is 88.7. The number of methoxy groups -OCH3 is 2. The largest absolute Gasteiger partial charge is 0.381 e. The maximum atomic E-state index is 14.7. The molecule has 29 nitrogen and oxygen atoms in total. The van der Waals surface area contributed by atoms with Crippen LogP contribution in [0.5, 0.6) is 0 Å². The summed E-state index contributed by atoms with van der Waals surface area (Å²) in [6, 6.07) is 9.59. The minimum absolute atomic E-state index is 0.00250. The van der Waals surface area contributed by atoms with Crippen LogP contribution in [0.4, 0.5) is 10.5 Å². The predicted octanol–water partition coefficient (Wildman–Crippen LogP) is 4.96. The number of nitrogens with one attached hydrogen (secondary N) is 8. The molecule has 4 aliphatic heterocycles. The molecule has 12 amide bonds. The van der Waals surface area contributed by atoms with Gasteiger partial charge in [0, 0.05) is 70.6 Å². The van der Waals surface area contributed by atoms with Crippen LogP contribution in [0.15, 0.2) is 66.7 Å². The van der Waals surface area contributed by atoms with E-state index in [1.165, 1.54) is 19.3 Å². The van der Waals surface area contributed by atoms with E-state index in [9.17, 15) is 57.5 Å². The molecule has 0 bridgehead atoms. The standard InChI is InChI=1S/C79H122N12O17/c1-17-48(8)62(49(9)67(96)63(45(2)3)87-75(101)66(47(6)7)89(13)14)57(104-15)44-61(95)90-43-25-29-56(90)68(105-16)50(10)71(97)84-55(36-33-51-26-20-18-21-27-51)72(98)81-41-39-52-31-34-53(35-32-52)83-73(99)54(28-24-40-82-78(80)103)85-74(100)64(46(4)5)88-76(102)69-65(70-77(106-69)108-79(11,12)107-70)86-58(92)30-22-19-23-42-91-59(93)37-38-60(91)94/h18,20-21,26-27,31-32,34-35,37-38,45-50,54-57,62-66,68-70,77H,17,19,22-25,28-30,33,36,39-44H2,1-16H3,(H,81,98)(H,83,99)(H,84,97)(H,85,100)(H,86,92)(H,87,101)(H,88,102)(H3,80,82,103)/t48?,49?,50?,54?,55-,56?,57?,62?,63-,64+,65?,66?,68?,69?,70?,77?/m0/s1. The summed E-state index contributed by atoms with van der Waals surface area (Å²) in [6.07, 6.45) is 2.45. The van der Waals surface area contributed by atoms with Gasteiger partial charge in [-0.25, -0.2) is 4.79 Å². The summed E-state index contributed by atoms with van der Waals surface area (Å²) in [4.78, 5) is 168. The summed E-state index contributed by atoms with van der Waals surface area (Å²) in [5.41, 5.74) is 7.45. The van der Waals surface area contributed by atoms with Crippen LogP contribution in [-0.4, -0.2) is 219 Å². The molecule has 0 saturated carbocycles. The van der Waals surface area contributed by atoms with Crippen molar-refractivity contribution in [3.8, 4) is 0 Å². The Balaban J connectivity index is 1.07. The number of aryl methyl sites for hydroxylation is 1. The molecule has 3 fully saturated rings. The summed E-state index contributed by atoms with van der Waals surface area (Å²) in [5, 5.41) is 22.9. The van der Waals surface area contributed by atoms with Crippen molar-refractivity contribution in [3.63, 3.8) is 0 Å². The molecule has 10 N–H and O–H groups in total. The van der Waals surface area contributed by atoms with Crippen LogP contribution in [0.25, 0.3) is 0 Å². The number of benzene rings is 2.